The normalized spacial score (nSPS) is 9.87. The monoisotopic (exact) mass is 201 g/mol. The van der Waals surface area contributed by atoms with Crippen molar-refractivity contribution in [3.63, 3.8) is 0 Å². The van der Waals surface area contributed by atoms with Crippen LogP contribution in [0.15, 0.2) is 54.9 Å². The lowest BCUT2D eigenvalue weighted by Crippen LogP contribution is -2.23. The third-order valence-corrected chi connectivity index (χ3v) is 2.02. The second-order valence-corrected chi connectivity index (χ2v) is 3.17. The molecule has 0 amide bonds. The lowest BCUT2D eigenvalue weighted by atomic mass is 10.3. The fraction of sp³-hybridized carbons (Fsp3) is 0.0833. The van der Waals surface area contributed by atoms with Crippen LogP contribution in [0.3, 0.4) is 0 Å². The van der Waals surface area contributed by atoms with Crippen LogP contribution < -0.4 is 9.47 Å². The van der Waals surface area contributed by atoms with Crippen molar-refractivity contribution >= 4 is 0 Å². The maximum absolute atomic E-state index is 10.8. The average Bonchev–Trinajstić information content (AvgIpc) is 2.30. The van der Waals surface area contributed by atoms with Gasteiger partial charge in [-0.1, -0.05) is 18.2 Å². The van der Waals surface area contributed by atoms with E-state index in [9.17, 15) is 5.21 Å². The molecule has 0 unspecified atom stereocenters. The van der Waals surface area contributed by atoms with E-state index in [2.05, 4.69) is 0 Å². The summed E-state index contributed by atoms with van der Waals surface area (Å²) in [5, 5.41) is 10.8. The highest BCUT2D eigenvalue weighted by atomic mass is 16.5. The first-order valence-electron chi connectivity index (χ1n) is 4.70. The second kappa shape index (κ2) is 4.46. The molecule has 1 heterocycles. The highest BCUT2D eigenvalue weighted by Gasteiger charge is 1.96. The van der Waals surface area contributed by atoms with Crippen LogP contribution in [0.2, 0.25) is 0 Å². The van der Waals surface area contributed by atoms with E-state index < -0.39 is 0 Å². The van der Waals surface area contributed by atoms with Gasteiger partial charge >= 0.3 is 0 Å². The van der Waals surface area contributed by atoms with Crippen LogP contribution in [0.1, 0.15) is 5.56 Å². The van der Waals surface area contributed by atoms with Gasteiger partial charge in [0.2, 0.25) is 0 Å². The summed E-state index contributed by atoms with van der Waals surface area (Å²) in [4.78, 5) is 0. The molecule has 0 aliphatic carbocycles. The quantitative estimate of drug-likeness (QED) is 0.561. The van der Waals surface area contributed by atoms with Crippen molar-refractivity contribution in [3.8, 4) is 5.75 Å². The second-order valence-electron chi connectivity index (χ2n) is 3.17. The molecule has 0 bridgehead atoms. The number of hydrogen-bond donors (Lipinski definition) is 0. The van der Waals surface area contributed by atoms with Crippen molar-refractivity contribution in [1.82, 2.24) is 0 Å². The summed E-state index contributed by atoms with van der Waals surface area (Å²) in [6, 6.07) is 13.1. The molecule has 3 nitrogen and oxygen atoms in total. The van der Waals surface area contributed by atoms with E-state index in [0.717, 1.165) is 16.0 Å². The van der Waals surface area contributed by atoms with Gasteiger partial charge < -0.3 is 9.94 Å². The van der Waals surface area contributed by atoms with Crippen LogP contribution in [-0.4, -0.2) is 0 Å². The maximum Gasteiger partial charge on any atom is 0.180 e. The zero-order valence-corrected chi connectivity index (χ0v) is 8.17. The third-order valence-electron chi connectivity index (χ3n) is 2.02. The minimum absolute atomic E-state index is 0.477. The molecular weight excluding hydrogens is 190 g/mol. The van der Waals surface area contributed by atoms with Crippen LogP contribution in [0.5, 0.6) is 5.75 Å². The van der Waals surface area contributed by atoms with Gasteiger partial charge in [0.15, 0.2) is 12.4 Å². The van der Waals surface area contributed by atoms with Gasteiger partial charge in [0.25, 0.3) is 0 Å². The zero-order valence-electron chi connectivity index (χ0n) is 8.17. The fourth-order valence-corrected chi connectivity index (χ4v) is 1.22. The smallest absolute Gasteiger partial charge is 0.180 e. The molecular formula is C12H11NO2. The van der Waals surface area contributed by atoms with Crippen LogP contribution >= 0.6 is 0 Å². The Morgan fingerprint density at radius 3 is 2.33 bits per heavy atom. The standard InChI is InChI=1S/C12H11NO2/c14-13-8-6-11(7-9-13)10-15-12-4-2-1-3-5-12/h1-9H,10H2. The number of ether oxygens (including phenoxy) is 1. The summed E-state index contributed by atoms with van der Waals surface area (Å²) in [7, 11) is 0. The minimum atomic E-state index is 0.477. The van der Waals surface area contributed by atoms with E-state index >= 15 is 0 Å². The SMILES string of the molecule is [O-][n+]1ccc(COc2ccccc2)cc1. The Balaban J connectivity index is 1.96. The average molecular weight is 201 g/mol. The van der Waals surface area contributed by atoms with Crippen molar-refractivity contribution in [2.45, 2.75) is 6.61 Å². The molecule has 0 N–H and O–H groups in total. The summed E-state index contributed by atoms with van der Waals surface area (Å²) in [5.74, 6) is 0.830. The van der Waals surface area contributed by atoms with Gasteiger partial charge in [0.05, 0.1) is 0 Å². The molecule has 0 atom stereocenters. The molecule has 0 aliphatic rings. The van der Waals surface area contributed by atoms with Crippen LogP contribution in [0.4, 0.5) is 0 Å². The molecule has 0 radical (unpaired) electrons. The van der Waals surface area contributed by atoms with E-state index in [1.807, 2.05) is 30.3 Å². The van der Waals surface area contributed by atoms with Gasteiger partial charge in [-0.15, -0.1) is 0 Å². The Kier molecular flexibility index (Phi) is 2.83. The first-order chi connectivity index (χ1) is 7.34. The Morgan fingerprint density at radius 1 is 1.00 bits per heavy atom. The van der Waals surface area contributed by atoms with E-state index in [-0.39, 0.29) is 0 Å². The number of hydrogen-bond acceptors (Lipinski definition) is 2. The lowest BCUT2D eigenvalue weighted by Gasteiger charge is -2.05. The Hall–Kier alpha value is -2.03. The third kappa shape index (κ3) is 2.71. The Morgan fingerprint density at radius 2 is 1.67 bits per heavy atom. The number of nitrogens with zero attached hydrogens (tertiary/aromatic N) is 1. The molecule has 0 fully saturated rings. The van der Waals surface area contributed by atoms with Gasteiger partial charge in [0.1, 0.15) is 12.4 Å². The van der Waals surface area contributed by atoms with E-state index in [1.54, 1.807) is 12.1 Å². The molecule has 0 spiro atoms. The maximum atomic E-state index is 10.8. The highest BCUT2D eigenvalue weighted by Crippen LogP contribution is 2.10. The van der Waals surface area contributed by atoms with Crippen molar-refractivity contribution in [1.29, 1.82) is 0 Å². The largest absolute Gasteiger partial charge is 0.619 e. The van der Waals surface area contributed by atoms with Crippen molar-refractivity contribution in [2.24, 2.45) is 0 Å². The van der Waals surface area contributed by atoms with E-state index in [1.165, 1.54) is 12.4 Å². The lowest BCUT2D eigenvalue weighted by molar-refractivity contribution is -0.605. The van der Waals surface area contributed by atoms with Gasteiger partial charge in [-0.3, -0.25) is 0 Å². The molecule has 1 aromatic heterocycles. The molecule has 0 aliphatic heterocycles. The Labute approximate surface area is 88.1 Å². The van der Waals surface area contributed by atoms with Gasteiger partial charge in [-0.25, -0.2) is 0 Å². The molecule has 1 aromatic carbocycles. The van der Waals surface area contributed by atoms with Crippen molar-refractivity contribution in [2.75, 3.05) is 0 Å². The zero-order chi connectivity index (χ0) is 10.5. The molecule has 3 heteroatoms. The first kappa shape index (κ1) is 9.52. The number of aromatic nitrogens is 1. The van der Waals surface area contributed by atoms with Crippen LogP contribution in [0.25, 0.3) is 0 Å². The van der Waals surface area contributed by atoms with E-state index in [0.29, 0.717) is 6.61 Å². The fourth-order valence-electron chi connectivity index (χ4n) is 1.22. The minimum Gasteiger partial charge on any atom is -0.619 e. The van der Waals surface area contributed by atoms with Gasteiger partial charge in [-0.05, 0) is 12.1 Å². The molecule has 0 saturated heterocycles. The van der Waals surface area contributed by atoms with Crippen molar-refractivity contribution < 1.29 is 9.47 Å². The molecule has 2 aromatic rings. The number of benzene rings is 1. The van der Waals surface area contributed by atoms with Crippen LogP contribution in [-0.2, 0) is 6.61 Å². The summed E-state index contributed by atoms with van der Waals surface area (Å²) in [5.41, 5.74) is 0.978. The van der Waals surface area contributed by atoms with Gasteiger partial charge in [-0.2, -0.15) is 4.73 Å². The first-order valence-corrected chi connectivity index (χ1v) is 4.70. The summed E-state index contributed by atoms with van der Waals surface area (Å²) >= 11 is 0. The molecule has 76 valence electrons. The molecule has 2 rings (SSSR count). The predicted molar refractivity (Wildman–Crippen MR) is 56.2 cm³/mol. The number of pyridine rings is 1. The summed E-state index contributed by atoms with van der Waals surface area (Å²) < 4.78 is 6.28. The summed E-state index contributed by atoms with van der Waals surface area (Å²) in [6.45, 7) is 0.477. The number of rotatable bonds is 3. The van der Waals surface area contributed by atoms with E-state index in [4.69, 9.17) is 4.74 Å². The van der Waals surface area contributed by atoms with Gasteiger partial charge in [0, 0.05) is 17.7 Å². The molecule has 15 heavy (non-hydrogen) atoms. The Bertz CT molecular complexity index is 411. The molecule has 0 saturated carbocycles. The topological polar surface area (TPSA) is 36.2 Å². The van der Waals surface area contributed by atoms with Crippen LogP contribution in [0, 0.1) is 5.21 Å². The van der Waals surface area contributed by atoms with Crippen molar-refractivity contribution in [3.05, 3.63) is 65.6 Å². The predicted octanol–water partition coefficient (Wildman–Crippen LogP) is 1.90. The summed E-state index contributed by atoms with van der Waals surface area (Å²) in [6.07, 6.45) is 2.92. The number of para-hydroxylation sites is 1. The highest BCUT2D eigenvalue weighted by molar-refractivity contribution is 5.21.